The van der Waals surface area contributed by atoms with Crippen molar-refractivity contribution in [3.05, 3.63) is 53.2 Å². The number of aryl methyl sites for hydroxylation is 2. The van der Waals surface area contributed by atoms with Gasteiger partial charge >= 0.3 is 0 Å². The van der Waals surface area contributed by atoms with Crippen molar-refractivity contribution in [2.24, 2.45) is 0 Å². The van der Waals surface area contributed by atoms with Gasteiger partial charge in [0, 0.05) is 18.3 Å². The number of pyridine rings is 1. The number of hydrogen-bond donors (Lipinski definition) is 1. The fourth-order valence-electron chi connectivity index (χ4n) is 1.77. The van der Waals surface area contributed by atoms with E-state index in [2.05, 4.69) is 37.1 Å². The summed E-state index contributed by atoms with van der Waals surface area (Å²) >= 11 is 0. The lowest BCUT2D eigenvalue weighted by Crippen LogP contribution is -2.12. The monoisotopic (exact) mass is 256 g/mol. The first-order valence-electron chi connectivity index (χ1n) is 6.48. The Morgan fingerprint density at radius 3 is 2.47 bits per heavy atom. The highest BCUT2D eigenvalue weighted by atomic mass is 16.5. The van der Waals surface area contributed by atoms with Crippen LogP contribution in [0.15, 0.2) is 36.5 Å². The third kappa shape index (κ3) is 3.32. The van der Waals surface area contributed by atoms with Gasteiger partial charge in [-0.2, -0.15) is 0 Å². The van der Waals surface area contributed by atoms with Gasteiger partial charge in [-0.25, -0.2) is 4.98 Å². The number of hydrogen-bond acceptors (Lipinski definition) is 3. The second-order valence-corrected chi connectivity index (χ2v) is 4.79. The molecule has 0 fully saturated rings. The second kappa shape index (κ2) is 5.85. The number of nitrogens with one attached hydrogen (secondary N) is 1. The van der Waals surface area contributed by atoms with Crippen LogP contribution in [0.4, 0.5) is 0 Å². The fraction of sp³-hybridized carbons (Fsp3) is 0.312. The SMILES string of the molecule is CNC(C)c1ccc(Oc2ccc(C)c(C)c2)nc1. The molecule has 1 atom stereocenters. The summed E-state index contributed by atoms with van der Waals surface area (Å²) < 4.78 is 5.75. The third-order valence-electron chi connectivity index (χ3n) is 3.39. The molecule has 2 rings (SSSR count). The van der Waals surface area contributed by atoms with Gasteiger partial charge in [-0.1, -0.05) is 12.1 Å². The molecule has 0 spiro atoms. The molecule has 0 saturated carbocycles. The highest BCUT2D eigenvalue weighted by Gasteiger charge is 2.04. The summed E-state index contributed by atoms with van der Waals surface area (Å²) in [6.07, 6.45) is 1.84. The van der Waals surface area contributed by atoms with E-state index in [1.807, 2.05) is 37.5 Å². The Hall–Kier alpha value is -1.87. The summed E-state index contributed by atoms with van der Waals surface area (Å²) in [5.41, 5.74) is 3.63. The maximum absolute atomic E-state index is 5.75. The van der Waals surface area contributed by atoms with Gasteiger partial charge in [0.15, 0.2) is 0 Å². The highest BCUT2D eigenvalue weighted by Crippen LogP contribution is 2.23. The molecule has 1 aromatic carbocycles. The molecule has 0 aliphatic rings. The van der Waals surface area contributed by atoms with E-state index in [4.69, 9.17) is 4.74 Å². The summed E-state index contributed by atoms with van der Waals surface area (Å²) in [7, 11) is 1.93. The van der Waals surface area contributed by atoms with Crippen molar-refractivity contribution in [1.82, 2.24) is 10.3 Å². The van der Waals surface area contributed by atoms with E-state index in [1.54, 1.807) is 0 Å². The van der Waals surface area contributed by atoms with Crippen LogP contribution in [0.3, 0.4) is 0 Å². The summed E-state index contributed by atoms with van der Waals surface area (Å²) in [5.74, 6) is 1.44. The van der Waals surface area contributed by atoms with Gasteiger partial charge < -0.3 is 10.1 Å². The maximum atomic E-state index is 5.75. The first-order chi connectivity index (χ1) is 9.10. The predicted octanol–water partition coefficient (Wildman–Crippen LogP) is 3.77. The average Bonchev–Trinajstić information content (AvgIpc) is 2.43. The molecule has 0 bridgehead atoms. The Kier molecular flexibility index (Phi) is 4.17. The first-order valence-corrected chi connectivity index (χ1v) is 6.48. The predicted molar refractivity (Wildman–Crippen MR) is 77.7 cm³/mol. The van der Waals surface area contributed by atoms with Crippen LogP contribution >= 0.6 is 0 Å². The molecule has 100 valence electrons. The topological polar surface area (TPSA) is 34.1 Å². The van der Waals surface area contributed by atoms with Crippen molar-refractivity contribution in [2.45, 2.75) is 26.8 Å². The van der Waals surface area contributed by atoms with Gasteiger partial charge in [0.05, 0.1) is 0 Å². The van der Waals surface area contributed by atoms with Crippen molar-refractivity contribution in [2.75, 3.05) is 7.05 Å². The first kappa shape index (κ1) is 13.6. The summed E-state index contributed by atoms with van der Waals surface area (Å²) in [5, 5.41) is 3.18. The van der Waals surface area contributed by atoms with Gasteiger partial charge in [0.25, 0.3) is 0 Å². The highest BCUT2D eigenvalue weighted by molar-refractivity contribution is 5.36. The van der Waals surface area contributed by atoms with Crippen LogP contribution in [0.5, 0.6) is 11.6 Å². The molecule has 0 aliphatic heterocycles. The summed E-state index contributed by atoms with van der Waals surface area (Å²) in [4.78, 5) is 4.33. The molecular weight excluding hydrogens is 236 g/mol. The van der Waals surface area contributed by atoms with Crippen molar-refractivity contribution < 1.29 is 4.74 Å². The van der Waals surface area contributed by atoms with Crippen molar-refractivity contribution in [1.29, 1.82) is 0 Å². The van der Waals surface area contributed by atoms with Crippen LogP contribution < -0.4 is 10.1 Å². The molecular formula is C16H20N2O. The van der Waals surface area contributed by atoms with E-state index >= 15 is 0 Å². The maximum Gasteiger partial charge on any atom is 0.219 e. The Morgan fingerprint density at radius 1 is 1.11 bits per heavy atom. The van der Waals surface area contributed by atoms with E-state index < -0.39 is 0 Å². The minimum absolute atomic E-state index is 0.295. The number of nitrogens with zero attached hydrogens (tertiary/aromatic N) is 1. The summed E-state index contributed by atoms with van der Waals surface area (Å²) in [6.45, 7) is 6.26. The normalized spacial score (nSPS) is 12.2. The van der Waals surface area contributed by atoms with E-state index in [0.29, 0.717) is 11.9 Å². The van der Waals surface area contributed by atoms with E-state index in [1.165, 1.54) is 11.1 Å². The lowest BCUT2D eigenvalue weighted by molar-refractivity contribution is 0.461. The molecule has 3 heteroatoms. The Morgan fingerprint density at radius 2 is 1.89 bits per heavy atom. The standard InChI is InChI=1S/C16H20N2O/c1-11-5-7-15(9-12(11)2)19-16-8-6-14(10-18-16)13(3)17-4/h5-10,13,17H,1-4H3. The summed E-state index contributed by atoms with van der Waals surface area (Å²) in [6, 6.07) is 10.3. The molecule has 2 aromatic rings. The van der Waals surface area contributed by atoms with E-state index in [9.17, 15) is 0 Å². The third-order valence-corrected chi connectivity index (χ3v) is 3.39. The van der Waals surface area contributed by atoms with Crippen LogP contribution in [-0.4, -0.2) is 12.0 Å². The van der Waals surface area contributed by atoms with E-state index in [-0.39, 0.29) is 0 Å². The number of ether oxygens (including phenoxy) is 1. The van der Waals surface area contributed by atoms with Gasteiger partial charge in [0.1, 0.15) is 5.75 Å². The van der Waals surface area contributed by atoms with Crippen LogP contribution in [0, 0.1) is 13.8 Å². The lowest BCUT2D eigenvalue weighted by Gasteiger charge is -2.11. The van der Waals surface area contributed by atoms with Gasteiger partial charge in [-0.15, -0.1) is 0 Å². The molecule has 0 aliphatic carbocycles. The Labute approximate surface area is 114 Å². The number of benzene rings is 1. The van der Waals surface area contributed by atoms with Gasteiger partial charge in [0.2, 0.25) is 5.88 Å². The minimum atomic E-state index is 0.295. The zero-order chi connectivity index (χ0) is 13.8. The zero-order valence-electron chi connectivity index (χ0n) is 11.9. The molecule has 1 aromatic heterocycles. The van der Waals surface area contributed by atoms with Crippen molar-refractivity contribution in [3.63, 3.8) is 0 Å². The van der Waals surface area contributed by atoms with Crippen LogP contribution in [0.1, 0.15) is 29.7 Å². The van der Waals surface area contributed by atoms with Gasteiger partial charge in [-0.3, -0.25) is 0 Å². The van der Waals surface area contributed by atoms with Crippen LogP contribution in [0.2, 0.25) is 0 Å². The lowest BCUT2D eigenvalue weighted by atomic mass is 10.1. The smallest absolute Gasteiger partial charge is 0.219 e. The fourth-order valence-corrected chi connectivity index (χ4v) is 1.77. The number of aromatic nitrogens is 1. The Bertz CT molecular complexity index is 549. The van der Waals surface area contributed by atoms with E-state index in [0.717, 1.165) is 11.3 Å². The van der Waals surface area contributed by atoms with Crippen molar-refractivity contribution in [3.8, 4) is 11.6 Å². The molecule has 1 N–H and O–H groups in total. The second-order valence-electron chi connectivity index (χ2n) is 4.79. The molecule has 3 nitrogen and oxygen atoms in total. The van der Waals surface area contributed by atoms with Gasteiger partial charge in [-0.05, 0) is 56.6 Å². The molecule has 19 heavy (non-hydrogen) atoms. The number of rotatable bonds is 4. The minimum Gasteiger partial charge on any atom is -0.439 e. The van der Waals surface area contributed by atoms with Crippen molar-refractivity contribution >= 4 is 0 Å². The molecule has 1 heterocycles. The zero-order valence-corrected chi connectivity index (χ0v) is 11.9. The molecule has 0 saturated heterocycles. The van der Waals surface area contributed by atoms with Crippen LogP contribution in [0.25, 0.3) is 0 Å². The quantitative estimate of drug-likeness (QED) is 0.904. The molecule has 0 amide bonds. The van der Waals surface area contributed by atoms with Crippen LogP contribution in [-0.2, 0) is 0 Å². The molecule has 0 radical (unpaired) electrons. The molecule has 1 unspecified atom stereocenters. The Balaban J connectivity index is 2.12. The largest absolute Gasteiger partial charge is 0.439 e. The average molecular weight is 256 g/mol.